The van der Waals surface area contributed by atoms with Crippen molar-refractivity contribution in [2.75, 3.05) is 0 Å². The molecule has 2 heteroatoms. The van der Waals surface area contributed by atoms with Crippen molar-refractivity contribution in [3.05, 3.63) is 66.4 Å². The third kappa shape index (κ3) is 1.58. The van der Waals surface area contributed by atoms with Crippen molar-refractivity contribution in [3.63, 3.8) is 0 Å². The first kappa shape index (κ1) is 9.16. The molecule has 1 radical (unpaired) electrons. The normalized spacial score (nSPS) is 10.8. The molecular weight excluding hydrogens is 196 g/mol. The molecule has 0 saturated carbocycles. The summed E-state index contributed by atoms with van der Waals surface area (Å²) in [5, 5.41) is 5.55. The molecular formula is C14H11N2. The van der Waals surface area contributed by atoms with Gasteiger partial charge in [0.15, 0.2) is 0 Å². The van der Waals surface area contributed by atoms with Crippen LogP contribution in [0.4, 0.5) is 0 Å². The van der Waals surface area contributed by atoms with Crippen LogP contribution in [0.2, 0.25) is 0 Å². The summed E-state index contributed by atoms with van der Waals surface area (Å²) in [4.78, 5) is 0. The number of aromatic nitrogens is 2. The second-order valence-electron chi connectivity index (χ2n) is 3.77. The maximum absolute atomic E-state index is 4.39. The van der Waals surface area contributed by atoms with Gasteiger partial charge in [0.1, 0.15) is 0 Å². The van der Waals surface area contributed by atoms with E-state index in [0.29, 0.717) is 0 Å². The Morgan fingerprint density at radius 1 is 1.12 bits per heavy atom. The summed E-state index contributed by atoms with van der Waals surface area (Å²) in [6.07, 6.45) is 1.89. The Bertz CT molecular complexity index is 596. The molecule has 3 rings (SSSR count). The Kier molecular flexibility index (Phi) is 2.18. The largest absolute Gasteiger partial charge is 0.260 e. The fraction of sp³-hybridized carbons (Fsp3) is 0.0714. The standard InChI is InChI=1S/C14H11N2/c1-2-6-12(7-3-1)11-16-14-9-5-4-8-13(14)10-15-16/h1-4,6-10H,11H2. The molecule has 0 N–H and O–H groups in total. The van der Waals surface area contributed by atoms with Crippen molar-refractivity contribution in [2.45, 2.75) is 6.54 Å². The molecule has 0 aliphatic rings. The predicted octanol–water partition coefficient (Wildman–Crippen LogP) is 2.88. The summed E-state index contributed by atoms with van der Waals surface area (Å²) >= 11 is 0. The fourth-order valence-electron chi connectivity index (χ4n) is 1.84. The summed E-state index contributed by atoms with van der Waals surface area (Å²) in [6.45, 7) is 0.808. The van der Waals surface area contributed by atoms with Crippen molar-refractivity contribution in [2.24, 2.45) is 0 Å². The van der Waals surface area contributed by atoms with Gasteiger partial charge < -0.3 is 0 Å². The quantitative estimate of drug-likeness (QED) is 0.631. The molecule has 0 spiro atoms. The minimum absolute atomic E-state index is 0.808. The summed E-state index contributed by atoms with van der Waals surface area (Å²) < 4.78 is 2.00. The van der Waals surface area contributed by atoms with Crippen LogP contribution in [0.1, 0.15) is 5.56 Å². The van der Waals surface area contributed by atoms with E-state index in [1.54, 1.807) is 0 Å². The first-order valence-electron chi connectivity index (χ1n) is 5.29. The highest BCUT2D eigenvalue weighted by Gasteiger charge is 2.01. The predicted molar refractivity (Wildman–Crippen MR) is 64.1 cm³/mol. The molecule has 0 unspecified atom stereocenters. The zero-order chi connectivity index (χ0) is 10.8. The number of nitrogens with zero attached hydrogens (tertiary/aromatic N) is 2. The topological polar surface area (TPSA) is 17.8 Å². The summed E-state index contributed by atoms with van der Waals surface area (Å²) in [5.41, 5.74) is 2.39. The number of hydrogen-bond acceptors (Lipinski definition) is 1. The second kappa shape index (κ2) is 3.81. The van der Waals surface area contributed by atoms with Gasteiger partial charge in [-0.05, 0) is 17.7 Å². The Morgan fingerprint density at radius 2 is 2.00 bits per heavy atom. The van der Waals surface area contributed by atoms with Crippen LogP contribution in [0, 0.1) is 6.07 Å². The van der Waals surface area contributed by atoms with Crippen molar-refractivity contribution < 1.29 is 0 Å². The molecule has 1 aromatic heterocycles. The number of benzene rings is 2. The van der Waals surface area contributed by atoms with Gasteiger partial charge in [0, 0.05) is 5.39 Å². The van der Waals surface area contributed by atoms with Gasteiger partial charge in [-0.15, -0.1) is 0 Å². The molecule has 3 aromatic rings. The molecule has 0 saturated heterocycles. The van der Waals surface area contributed by atoms with E-state index in [4.69, 9.17) is 0 Å². The van der Waals surface area contributed by atoms with Gasteiger partial charge in [0.25, 0.3) is 0 Å². The van der Waals surface area contributed by atoms with Gasteiger partial charge in [-0.1, -0.05) is 42.5 Å². The van der Waals surface area contributed by atoms with Crippen LogP contribution in [0.25, 0.3) is 10.9 Å². The van der Waals surface area contributed by atoms with Crippen molar-refractivity contribution in [1.29, 1.82) is 0 Å². The minimum Gasteiger partial charge on any atom is -0.260 e. The molecule has 77 valence electrons. The van der Waals surface area contributed by atoms with E-state index >= 15 is 0 Å². The second-order valence-corrected chi connectivity index (χ2v) is 3.77. The van der Waals surface area contributed by atoms with E-state index in [0.717, 1.165) is 17.4 Å². The van der Waals surface area contributed by atoms with Crippen LogP contribution < -0.4 is 0 Å². The first-order valence-corrected chi connectivity index (χ1v) is 5.29. The maximum atomic E-state index is 4.39. The number of rotatable bonds is 2. The Balaban J connectivity index is 2.01. The molecule has 16 heavy (non-hydrogen) atoms. The van der Waals surface area contributed by atoms with Crippen LogP contribution in [-0.4, -0.2) is 9.78 Å². The van der Waals surface area contributed by atoms with Crippen molar-refractivity contribution >= 4 is 10.9 Å². The van der Waals surface area contributed by atoms with E-state index in [1.165, 1.54) is 5.56 Å². The highest BCUT2D eigenvalue weighted by Crippen LogP contribution is 2.13. The number of hydrogen-bond donors (Lipinski definition) is 0. The number of fused-ring (bicyclic) bond motifs is 1. The minimum atomic E-state index is 0.808. The van der Waals surface area contributed by atoms with E-state index in [-0.39, 0.29) is 0 Å². The van der Waals surface area contributed by atoms with E-state index in [1.807, 2.05) is 47.3 Å². The van der Waals surface area contributed by atoms with E-state index in [9.17, 15) is 0 Å². The molecule has 0 atom stereocenters. The fourth-order valence-corrected chi connectivity index (χ4v) is 1.84. The molecule has 0 fully saturated rings. The molecule has 2 aromatic carbocycles. The average Bonchev–Trinajstić information content (AvgIpc) is 2.74. The molecule has 0 amide bonds. The summed E-state index contributed by atoms with van der Waals surface area (Å²) in [5.74, 6) is 0. The Labute approximate surface area is 94.1 Å². The van der Waals surface area contributed by atoms with Gasteiger partial charge in [-0.3, -0.25) is 4.68 Å². The molecule has 0 aliphatic carbocycles. The van der Waals surface area contributed by atoms with Gasteiger partial charge in [-0.2, -0.15) is 5.10 Å². The lowest BCUT2D eigenvalue weighted by Gasteiger charge is -2.03. The van der Waals surface area contributed by atoms with Crippen LogP contribution in [0.3, 0.4) is 0 Å². The maximum Gasteiger partial charge on any atom is 0.0692 e. The highest BCUT2D eigenvalue weighted by molar-refractivity contribution is 5.78. The van der Waals surface area contributed by atoms with E-state index in [2.05, 4.69) is 23.3 Å². The zero-order valence-corrected chi connectivity index (χ0v) is 8.80. The first-order chi connectivity index (χ1) is 7.93. The van der Waals surface area contributed by atoms with Gasteiger partial charge in [0.05, 0.1) is 18.3 Å². The molecule has 2 nitrogen and oxygen atoms in total. The lowest BCUT2D eigenvalue weighted by atomic mass is 10.2. The molecule has 0 bridgehead atoms. The molecule has 1 heterocycles. The molecule has 0 aliphatic heterocycles. The Morgan fingerprint density at radius 3 is 2.88 bits per heavy atom. The van der Waals surface area contributed by atoms with Crippen LogP contribution >= 0.6 is 0 Å². The van der Waals surface area contributed by atoms with Crippen molar-refractivity contribution in [3.8, 4) is 0 Å². The lowest BCUT2D eigenvalue weighted by molar-refractivity contribution is 0.712. The van der Waals surface area contributed by atoms with Crippen LogP contribution in [-0.2, 0) is 6.54 Å². The van der Waals surface area contributed by atoms with Gasteiger partial charge in [-0.25, -0.2) is 0 Å². The smallest absolute Gasteiger partial charge is 0.0692 e. The monoisotopic (exact) mass is 207 g/mol. The SMILES string of the molecule is [c]1ccc2cnn(Cc3ccccc3)c2c1. The highest BCUT2D eigenvalue weighted by atomic mass is 15.3. The summed E-state index contributed by atoms with van der Waals surface area (Å²) in [7, 11) is 0. The zero-order valence-electron chi connectivity index (χ0n) is 8.80. The van der Waals surface area contributed by atoms with Gasteiger partial charge >= 0.3 is 0 Å². The van der Waals surface area contributed by atoms with Crippen LogP contribution in [0.5, 0.6) is 0 Å². The third-order valence-electron chi connectivity index (χ3n) is 2.66. The third-order valence-corrected chi connectivity index (χ3v) is 2.66. The van der Waals surface area contributed by atoms with E-state index < -0.39 is 0 Å². The van der Waals surface area contributed by atoms with Crippen LogP contribution in [0.15, 0.2) is 54.7 Å². The average molecular weight is 207 g/mol. The lowest BCUT2D eigenvalue weighted by Crippen LogP contribution is -2.00. The Hall–Kier alpha value is -2.09. The van der Waals surface area contributed by atoms with Crippen molar-refractivity contribution in [1.82, 2.24) is 9.78 Å². The van der Waals surface area contributed by atoms with Gasteiger partial charge in [0.2, 0.25) is 0 Å². The summed E-state index contributed by atoms with van der Waals surface area (Å²) in [6, 6.07) is 19.4.